The molecular formula is C16H14Hg. The Balaban J connectivity index is 1.84. The van der Waals surface area contributed by atoms with Crippen molar-refractivity contribution in [1.82, 2.24) is 0 Å². The molecule has 0 fully saturated rings. The molecule has 0 aliphatic rings. The van der Waals surface area contributed by atoms with Gasteiger partial charge in [0, 0.05) is 0 Å². The van der Waals surface area contributed by atoms with Gasteiger partial charge in [-0.3, -0.25) is 0 Å². The minimum absolute atomic E-state index is 0.957. The molecule has 0 bridgehead atoms. The van der Waals surface area contributed by atoms with Crippen molar-refractivity contribution >= 4 is 12.2 Å². The molecule has 0 atom stereocenters. The van der Waals surface area contributed by atoms with E-state index in [-0.39, 0.29) is 0 Å². The number of hydrogen-bond acceptors (Lipinski definition) is 0. The summed E-state index contributed by atoms with van der Waals surface area (Å²) in [6.07, 6.45) is 4.49. The predicted octanol–water partition coefficient (Wildman–Crippen LogP) is 4.41. The van der Waals surface area contributed by atoms with E-state index in [1.807, 2.05) is 0 Å². The maximum atomic E-state index is 2.40. The van der Waals surface area contributed by atoms with E-state index in [0.717, 1.165) is 0 Å². The van der Waals surface area contributed by atoms with Gasteiger partial charge in [-0.15, -0.1) is 0 Å². The first kappa shape index (κ1) is 12.3. The Morgan fingerprint density at radius 2 is 1.00 bits per heavy atom. The molecule has 2 aromatic rings. The Kier molecular flexibility index (Phi) is 5.24. The van der Waals surface area contributed by atoms with Crippen molar-refractivity contribution in [3.63, 3.8) is 0 Å². The van der Waals surface area contributed by atoms with E-state index in [1.54, 1.807) is 0 Å². The van der Waals surface area contributed by atoms with E-state index in [0.29, 0.717) is 0 Å². The van der Waals surface area contributed by atoms with E-state index in [4.69, 9.17) is 0 Å². The molecule has 0 N–H and O–H groups in total. The first-order valence-corrected chi connectivity index (χ1v) is 12.2. The second-order valence-corrected chi connectivity index (χ2v) is 9.36. The van der Waals surface area contributed by atoms with Crippen LogP contribution in [0.1, 0.15) is 11.1 Å². The van der Waals surface area contributed by atoms with Gasteiger partial charge in [0.1, 0.15) is 0 Å². The van der Waals surface area contributed by atoms with Crippen LogP contribution in [0.25, 0.3) is 12.2 Å². The Hall–Kier alpha value is -1.14. The fraction of sp³-hybridized carbons (Fsp3) is 0. The minimum atomic E-state index is -0.957. The van der Waals surface area contributed by atoms with Gasteiger partial charge in [-0.1, -0.05) is 0 Å². The van der Waals surface area contributed by atoms with Crippen molar-refractivity contribution in [1.29, 1.82) is 0 Å². The average Bonchev–Trinajstić information content (AvgIpc) is 2.41. The maximum absolute atomic E-state index is 2.40. The summed E-state index contributed by atoms with van der Waals surface area (Å²) in [6.45, 7) is 0. The zero-order valence-corrected chi connectivity index (χ0v) is 15.3. The molecule has 0 saturated carbocycles. The van der Waals surface area contributed by atoms with Crippen LogP contribution in [0.15, 0.2) is 67.8 Å². The summed E-state index contributed by atoms with van der Waals surface area (Å²) in [5.41, 5.74) is 2.61. The van der Waals surface area contributed by atoms with Gasteiger partial charge in [0.05, 0.1) is 0 Å². The van der Waals surface area contributed by atoms with Gasteiger partial charge in [-0.25, -0.2) is 0 Å². The molecule has 0 radical (unpaired) electrons. The van der Waals surface area contributed by atoms with Gasteiger partial charge in [0.25, 0.3) is 0 Å². The summed E-state index contributed by atoms with van der Waals surface area (Å²) in [5.74, 6) is 0. The van der Waals surface area contributed by atoms with E-state index in [1.165, 1.54) is 11.1 Å². The molecule has 0 aliphatic heterocycles. The summed E-state index contributed by atoms with van der Waals surface area (Å²) in [4.78, 5) is 0. The molecule has 0 unspecified atom stereocenters. The first-order chi connectivity index (χ1) is 8.45. The fourth-order valence-corrected chi connectivity index (χ4v) is 5.40. The first-order valence-electron chi connectivity index (χ1n) is 5.88. The molecule has 0 nitrogen and oxygen atoms in total. The molecule has 2 aromatic carbocycles. The SMILES string of the molecule is [CH](=Cc1ccccc1)[Hg]/[CH]=C/c1ccccc1. The Morgan fingerprint density at radius 3 is 1.41 bits per heavy atom. The summed E-state index contributed by atoms with van der Waals surface area (Å²) in [6, 6.07) is 21.0. The molecule has 80 valence electrons. The van der Waals surface area contributed by atoms with E-state index < -0.39 is 24.6 Å². The third kappa shape index (κ3) is 4.70. The predicted molar refractivity (Wildman–Crippen MR) is 71.0 cm³/mol. The normalized spacial score (nSPS) is 10.8. The molecule has 0 aromatic heterocycles. The molecule has 17 heavy (non-hydrogen) atoms. The van der Waals surface area contributed by atoms with Gasteiger partial charge < -0.3 is 0 Å². The second kappa shape index (κ2) is 7.23. The number of benzene rings is 2. The van der Waals surface area contributed by atoms with Crippen LogP contribution in [-0.2, 0) is 24.6 Å². The monoisotopic (exact) mass is 408 g/mol. The molecular weight excluding hydrogens is 393 g/mol. The number of hydrogen-bond donors (Lipinski definition) is 0. The molecule has 0 aliphatic carbocycles. The van der Waals surface area contributed by atoms with E-state index >= 15 is 0 Å². The summed E-state index contributed by atoms with van der Waals surface area (Å²) in [7, 11) is 0. The second-order valence-electron chi connectivity index (χ2n) is 3.86. The van der Waals surface area contributed by atoms with Crippen LogP contribution >= 0.6 is 0 Å². The molecule has 1 heteroatoms. The Bertz CT molecular complexity index is 436. The third-order valence-corrected chi connectivity index (χ3v) is 6.44. The third-order valence-electron chi connectivity index (χ3n) is 2.49. The van der Waals surface area contributed by atoms with Crippen LogP contribution in [0.3, 0.4) is 0 Å². The van der Waals surface area contributed by atoms with E-state index in [9.17, 15) is 0 Å². The van der Waals surface area contributed by atoms with Crippen LogP contribution in [-0.4, -0.2) is 0 Å². The van der Waals surface area contributed by atoms with E-state index in [2.05, 4.69) is 80.0 Å². The molecule has 0 saturated heterocycles. The topological polar surface area (TPSA) is 0 Å². The van der Waals surface area contributed by atoms with Crippen LogP contribution < -0.4 is 0 Å². The fourth-order valence-electron chi connectivity index (χ4n) is 1.62. The van der Waals surface area contributed by atoms with Crippen molar-refractivity contribution in [3.8, 4) is 0 Å². The molecule has 0 amide bonds. The van der Waals surface area contributed by atoms with Crippen LogP contribution in [0.5, 0.6) is 0 Å². The van der Waals surface area contributed by atoms with Gasteiger partial charge in [-0.2, -0.15) is 0 Å². The van der Waals surface area contributed by atoms with Gasteiger partial charge >= 0.3 is 116 Å². The zero-order chi connectivity index (χ0) is 11.8. The van der Waals surface area contributed by atoms with Gasteiger partial charge in [0.15, 0.2) is 0 Å². The standard InChI is InChI=1S/2C8H7.Hg/c2*1-2-8-6-4-3-5-7-8;/h2*1-7H;. The molecule has 0 heterocycles. The van der Waals surface area contributed by atoms with Crippen molar-refractivity contribution < 1.29 is 24.6 Å². The summed E-state index contributed by atoms with van der Waals surface area (Å²) >= 11 is -0.957. The average molecular weight is 407 g/mol. The molecule has 2 rings (SSSR count). The van der Waals surface area contributed by atoms with Crippen LogP contribution in [0.2, 0.25) is 0 Å². The van der Waals surface area contributed by atoms with Crippen molar-refractivity contribution in [2.24, 2.45) is 0 Å². The van der Waals surface area contributed by atoms with Crippen molar-refractivity contribution in [2.75, 3.05) is 0 Å². The van der Waals surface area contributed by atoms with Crippen LogP contribution in [0.4, 0.5) is 0 Å². The number of rotatable bonds is 4. The zero-order valence-electron chi connectivity index (χ0n) is 9.79. The molecule has 0 spiro atoms. The van der Waals surface area contributed by atoms with Gasteiger partial charge in [-0.05, 0) is 0 Å². The van der Waals surface area contributed by atoms with Gasteiger partial charge in [0.2, 0.25) is 0 Å². The quantitative estimate of drug-likeness (QED) is 0.660. The Labute approximate surface area is 115 Å². The van der Waals surface area contributed by atoms with Crippen molar-refractivity contribution in [3.05, 3.63) is 79.0 Å². The van der Waals surface area contributed by atoms with Crippen LogP contribution in [0, 0.1) is 0 Å². The summed E-state index contributed by atoms with van der Waals surface area (Å²) < 4.78 is 4.80. The van der Waals surface area contributed by atoms with Crippen molar-refractivity contribution in [2.45, 2.75) is 0 Å². The summed E-state index contributed by atoms with van der Waals surface area (Å²) in [5, 5.41) is 0. The Morgan fingerprint density at radius 1 is 0.588 bits per heavy atom.